The van der Waals surface area contributed by atoms with Gasteiger partial charge < -0.3 is 4.57 Å². The fourth-order valence-electron chi connectivity index (χ4n) is 3.33. The van der Waals surface area contributed by atoms with Gasteiger partial charge in [0.1, 0.15) is 16.6 Å². The van der Waals surface area contributed by atoms with E-state index in [2.05, 4.69) is 0 Å². The molecule has 0 bridgehead atoms. The second kappa shape index (κ2) is 7.93. The van der Waals surface area contributed by atoms with Crippen LogP contribution in [0, 0.1) is 11.6 Å². The third-order valence-corrected chi connectivity index (χ3v) is 6.89. The Morgan fingerprint density at radius 1 is 1.27 bits per heavy atom. The van der Waals surface area contributed by atoms with E-state index < -0.39 is 56.0 Å². The van der Waals surface area contributed by atoms with Crippen LogP contribution in [0.15, 0.2) is 23.1 Å². The number of hydrogen-bond acceptors (Lipinski definition) is 3. The van der Waals surface area contributed by atoms with Crippen molar-refractivity contribution < 1.29 is 35.2 Å². The van der Waals surface area contributed by atoms with Crippen LogP contribution in [0.1, 0.15) is 35.1 Å². The first-order chi connectivity index (χ1) is 13.8. The number of nitrogens with zero attached hydrogens (tertiary/aromatic N) is 1. The van der Waals surface area contributed by atoms with Crippen LogP contribution in [0.4, 0.5) is 22.0 Å². The van der Waals surface area contributed by atoms with Crippen LogP contribution >= 0.6 is 11.6 Å². The number of benzene rings is 1. The first-order valence-electron chi connectivity index (χ1n) is 8.80. The number of halogens is 6. The second-order valence-corrected chi connectivity index (χ2v) is 8.96. The molecule has 12 heteroatoms. The summed E-state index contributed by atoms with van der Waals surface area (Å²) in [5.41, 5.74) is 0.0844. The Bertz CT molecular complexity index is 1110. The molecule has 1 unspecified atom stereocenters. The van der Waals surface area contributed by atoms with Crippen LogP contribution in [0.25, 0.3) is 0 Å². The standard InChI is InChI=1S/C18H16ClF5N2O3S/c1-9(18(22,23)24)25-30(28,29)17-13-3-2-6-26(13)16(15(17)19)14(27)8-10-4-5-11(20)12(21)7-10/h4-5,7,9,25H,2-3,6,8H2,1H3. The average Bonchev–Trinajstić information content (AvgIpc) is 3.15. The molecule has 2 aromatic rings. The lowest BCUT2D eigenvalue weighted by atomic mass is 10.1. The van der Waals surface area contributed by atoms with Gasteiger partial charge in [-0.05, 0) is 37.5 Å². The third-order valence-electron chi connectivity index (χ3n) is 4.76. The molecule has 5 nitrogen and oxygen atoms in total. The molecule has 1 N–H and O–H groups in total. The van der Waals surface area contributed by atoms with Gasteiger partial charge in [-0.25, -0.2) is 17.2 Å². The van der Waals surface area contributed by atoms with Crippen molar-refractivity contribution in [3.63, 3.8) is 0 Å². The first-order valence-corrected chi connectivity index (χ1v) is 10.7. The summed E-state index contributed by atoms with van der Waals surface area (Å²) in [7, 11) is -4.68. The summed E-state index contributed by atoms with van der Waals surface area (Å²) in [5, 5.41) is -0.487. The van der Waals surface area contributed by atoms with Crippen LogP contribution in [0.3, 0.4) is 0 Å². The molecule has 0 saturated carbocycles. The zero-order valence-electron chi connectivity index (χ0n) is 15.5. The summed E-state index contributed by atoms with van der Waals surface area (Å²) in [4.78, 5) is 12.2. The Morgan fingerprint density at radius 2 is 1.93 bits per heavy atom. The molecule has 0 spiro atoms. The minimum absolute atomic E-state index is 0.135. The third kappa shape index (κ3) is 4.23. The van der Waals surface area contributed by atoms with Gasteiger partial charge in [0.2, 0.25) is 10.0 Å². The van der Waals surface area contributed by atoms with Crippen LogP contribution in [-0.2, 0) is 29.4 Å². The molecule has 0 amide bonds. The largest absolute Gasteiger partial charge is 0.404 e. The van der Waals surface area contributed by atoms with Crippen LogP contribution in [0.5, 0.6) is 0 Å². The fraction of sp³-hybridized carbons (Fsp3) is 0.389. The number of ketones is 1. The number of alkyl halides is 3. The van der Waals surface area contributed by atoms with Crippen molar-refractivity contribution in [3.8, 4) is 0 Å². The average molecular weight is 471 g/mol. The smallest absolute Gasteiger partial charge is 0.340 e. The predicted molar refractivity (Wildman–Crippen MR) is 98.0 cm³/mol. The number of nitrogens with one attached hydrogen (secondary N) is 1. The molecule has 0 aliphatic carbocycles. The number of aromatic nitrogens is 1. The lowest BCUT2D eigenvalue weighted by Crippen LogP contribution is -2.43. The first kappa shape index (κ1) is 22.7. The van der Waals surface area contributed by atoms with Crippen molar-refractivity contribution in [2.45, 2.75) is 49.8 Å². The van der Waals surface area contributed by atoms with Crippen LogP contribution < -0.4 is 4.72 Å². The molecule has 1 aliphatic rings. The van der Waals surface area contributed by atoms with Crippen molar-refractivity contribution in [1.82, 2.24) is 9.29 Å². The SMILES string of the molecule is CC(NS(=O)(=O)c1c(Cl)c(C(=O)Cc2ccc(F)c(F)c2)n2c1CCC2)C(F)(F)F. The van der Waals surface area contributed by atoms with E-state index in [-0.39, 0.29) is 29.9 Å². The van der Waals surface area contributed by atoms with E-state index in [0.29, 0.717) is 13.3 Å². The molecular weight excluding hydrogens is 455 g/mol. The summed E-state index contributed by atoms with van der Waals surface area (Å²) in [6.07, 6.45) is -4.54. The van der Waals surface area contributed by atoms with Gasteiger partial charge in [0.15, 0.2) is 17.4 Å². The maximum absolute atomic E-state index is 13.4. The lowest BCUT2D eigenvalue weighted by Gasteiger charge is -2.17. The summed E-state index contributed by atoms with van der Waals surface area (Å²) < 4.78 is 93.2. The Balaban J connectivity index is 2.00. The highest BCUT2D eigenvalue weighted by Gasteiger charge is 2.42. The van der Waals surface area contributed by atoms with E-state index in [9.17, 15) is 35.2 Å². The number of carbonyl (C=O) groups excluding carboxylic acids is 1. The topological polar surface area (TPSA) is 68.2 Å². The molecule has 30 heavy (non-hydrogen) atoms. The van der Waals surface area contributed by atoms with Crippen LogP contribution in [-0.4, -0.2) is 31.0 Å². The summed E-state index contributed by atoms with van der Waals surface area (Å²) in [5.74, 6) is -2.91. The molecule has 0 saturated heterocycles. The summed E-state index contributed by atoms with van der Waals surface area (Å²) in [6.45, 7) is 0.898. The number of hydrogen-bond donors (Lipinski definition) is 1. The van der Waals surface area contributed by atoms with Crippen molar-refractivity contribution in [3.05, 3.63) is 51.8 Å². The minimum Gasteiger partial charge on any atom is -0.340 e. The zero-order valence-corrected chi connectivity index (χ0v) is 17.1. The van der Waals surface area contributed by atoms with Crippen molar-refractivity contribution in [2.24, 2.45) is 0 Å². The quantitative estimate of drug-likeness (QED) is 0.512. The molecule has 164 valence electrons. The van der Waals surface area contributed by atoms with Gasteiger partial charge in [-0.15, -0.1) is 0 Å². The number of fused-ring (bicyclic) bond motifs is 1. The molecular formula is C18H16ClF5N2O3S. The number of Topliss-reactive ketones (excluding diaryl/α,β-unsaturated/α-hetero) is 1. The summed E-state index contributed by atoms with van der Waals surface area (Å²) >= 11 is 6.17. The van der Waals surface area contributed by atoms with E-state index in [0.717, 1.165) is 12.1 Å². The maximum Gasteiger partial charge on any atom is 0.404 e. The Hall–Kier alpha value is -1.98. The Kier molecular flexibility index (Phi) is 6.00. The van der Waals surface area contributed by atoms with E-state index in [1.165, 1.54) is 10.6 Å². The van der Waals surface area contributed by atoms with E-state index in [1.54, 1.807) is 4.72 Å². The van der Waals surface area contributed by atoms with Crippen LogP contribution in [0.2, 0.25) is 5.02 Å². The van der Waals surface area contributed by atoms with E-state index in [4.69, 9.17) is 11.6 Å². The van der Waals surface area contributed by atoms with Crippen molar-refractivity contribution in [2.75, 3.05) is 0 Å². The van der Waals surface area contributed by atoms with Gasteiger partial charge in [0.25, 0.3) is 0 Å². The second-order valence-electron chi connectivity index (χ2n) is 6.93. The molecule has 1 atom stereocenters. The highest BCUT2D eigenvalue weighted by atomic mass is 35.5. The van der Waals surface area contributed by atoms with Gasteiger partial charge in [-0.2, -0.15) is 17.9 Å². The molecule has 3 rings (SSSR count). The van der Waals surface area contributed by atoms with E-state index in [1.807, 2.05) is 0 Å². The maximum atomic E-state index is 13.4. The monoisotopic (exact) mass is 470 g/mol. The molecule has 1 aromatic heterocycles. The van der Waals surface area contributed by atoms with Gasteiger partial charge in [0.05, 0.1) is 5.02 Å². The molecule has 0 radical (unpaired) electrons. The predicted octanol–water partition coefficient (Wildman–Crippen LogP) is 4.02. The highest BCUT2D eigenvalue weighted by molar-refractivity contribution is 7.89. The number of sulfonamides is 1. The Morgan fingerprint density at radius 3 is 2.53 bits per heavy atom. The lowest BCUT2D eigenvalue weighted by molar-refractivity contribution is -0.147. The van der Waals surface area contributed by atoms with E-state index >= 15 is 0 Å². The molecule has 2 heterocycles. The van der Waals surface area contributed by atoms with Crippen molar-refractivity contribution >= 4 is 27.4 Å². The fourth-order valence-corrected chi connectivity index (χ4v) is 5.53. The minimum atomic E-state index is -4.81. The van der Waals surface area contributed by atoms with Gasteiger partial charge in [0, 0.05) is 18.7 Å². The van der Waals surface area contributed by atoms with Gasteiger partial charge >= 0.3 is 6.18 Å². The molecule has 0 fully saturated rings. The van der Waals surface area contributed by atoms with Gasteiger partial charge in [-0.3, -0.25) is 4.79 Å². The van der Waals surface area contributed by atoms with Gasteiger partial charge in [-0.1, -0.05) is 17.7 Å². The summed E-state index contributed by atoms with van der Waals surface area (Å²) in [6, 6.07) is 0.513. The normalized spacial score (nSPS) is 15.3. The molecule has 1 aliphatic heterocycles. The number of carbonyl (C=O) groups is 1. The molecule has 1 aromatic carbocycles. The van der Waals surface area contributed by atoms with Crippen molar-refractivity contribution in [1.29, 1.82) is 0 Å². The zero-order chi connectivity index (χ0) is 22.4. The Labute approximate surface area is 173 Å². The number of rotatable bonds is 6. The highest BCUT2D eigenvalue weighted by Crippen LogP contribution is 2.37.